The van der Waals surface area contributed by atoms with E-state index in [-0.39, 0.29) is 0 Å². The maximum atomic E-state index is 6.41. The molecule has 2 bridgehead atoms. The highest BCUT2D eigenvalue weighted by molar-refractivity contribution is 5.71. The second kappa shape index (κ2) is 3.54. The van der Waals surface area contributed by atoms with Gasteiger partial charge in [-0.1, -0.05) is 0 Å². The lowest BCUT2D eigenvalue weighted by Gasteiger charge is -2.27. The Balaban J connectivity index is 1.85. The van der Waals surface area contributed by atoms with Crippen molar-refractivity contribution in [3.8, 4) is 0 Å². The standard InChI is InChI=1S/C14H18N4/c1-18-13-10(3-2-6-16-13)17-14(18)11-8-4-5-9(7-8)12(11)15/h2-3,6,8-9,11-12H,4-5,7,15H2,1H3. The number of imidazole rings is 1. The number of fused-ring (bicyclic) bond motifs is 3. The Kier molecular flexibility index (Phi) is 2.07. The summed E-state index contributed by atoms with van der Waals surface area (Å²) in [4.78, 5) is 9.20. The Morgan fingerprint density at radius 3 is 2.89 bits per heavy atom. The molecule has 4 atom stereocenters. The van der Waals surface area contributed by atoms with E-state index in [0.717, 1.165) is 22.9 Å². The summed E-state index contributed by atoms with van der Waals surface area (Å²) in [6.07, 6.45) is 5.75. The third-order valence-electron chi connectivity index (χ3n) is 4.94. The maximum Gasteiger partial charge on any atom is 0.159 e. The minimum Gasteiger partial charge on any atom is -0.327 e. The van der Waals surface area contributed by atoms with E-state index in [2.05, 4.69) is 16.6 Å². The number of pyridine rings is 1. The molecule has 0 amide bonds. The number of rotatable bonds is 1. The minimum absolute atomic E-state index is 0.291. The van der Waals surface area contributed by atoms with Crippen LogP contribution in [0.2, 0.25) is 0 Å². The molecule has 0 radical (unpaired) electrons. The van der Waals surface area contributed by atoms with Crippen LogP contribution >= 0.6 is 0 Å². The summed E-state index contributed by atoms with van der Waals surface area (Å²) in [6, 6.07) is 4.27. The van der Waals surface area contributed by atoms with E-state index in [1.54, 1.807) is 0 Å². The highest BCUT2D eigenvalue weighted by Crippen LogP contribution is 2.51. The van der Waals surface area contributed by atoms with E-state index in [4.69, 9.17) is 10.7 Å². The molecule has 4 nitrogen and oxygen atoms in total. The van der Waals surface area contributed by atoms with Crippen molar-refractivity contribution in [2.24, 2.45) is 24.6 Å². The first kappa shape index (κ1) is 10.5. The lowest BCUT2D eigenvalue weighted by Crippen LogP contribution is -2.35. The van der Waals surface area contributed by atoms with Gasteiger partial charge in [-0.25, -0.2) is 9.97 Å². The normalized spacial score (nSPS) is 34.6. The van der Waals surface area contributed by atoms with Gasteiger partial charge in [-0.15, -0.1) is 0 Å². The lowest BCUT2D eigenvalue weighted by molar-refractivity contribution is 0.350. The van der Waals surface area contributed by atoms with Gasteiger partial charge in [-0.2, -0.15) is 0 Å². The molecule has 2 aliphatic carbocycles. The summed E-state index contributed by atoms with van der Waals surface area (Å²) in [7, 11) is 2.07. The van der Waals surface area contributed by atoms with Crippen molar-refractivity contribution in [3.05, 3.63) is 24.2 Å². The number of aryl methyl sites for hydroxylation is 1. The molecular formula is C14H18N4. The van der Waals surface area contributed by atoms with Crippen LogP contribution in [-0.4, -0.2) is 20.6 Å². The topological polar surface area (TPSA) is 56.7 Å². The molecule has 2 saturated carbocycles. The van der Waals surface area contributed by atoms with Crippen molar-refractivity contribution < 1.29 is 0 Å². The zero-order chi connectivity index (χ0) is 12.3. The van der Waals surface area contributed by atoms with Crippen LogP contribution in [0, 0.1) is 11.8 Å². The van der Waals surface area contributed by atoms with Crippen molar-refractivity contribution in [2.75, 3.05) is 0 Å². The van der Waals surface area contributed by atoms with Gasteiger partial charge in [0.15, 0.2) is 5.65 Å². The number of nitrogens with two attached hydrogens (primary N) is 1. The van der Waals surface area contributed by atoms with Crippen LogP contribution in [-0.2, 0) is 7.05 Å². The summed E-state index contributed by atoms with van der Waals surface area (Å²) >= 11 is 0. The Hall–Kier alpha value is -1.42. The summed E-state index contributed by atoms with van der Waals surface area (Å²) in [6.45, 7) is 0. The van der Waals surface area contributed by atoms with Crippen molar-refractivity contribution in [1.29, 1.82) is 0 Å². The first-order chi connectivity index (χ1) is 8.75. The van der Waals surface area contributed by atoms with Gasteiger partial charge in [-0.3, -0.25) is 0 Å². The van der Waals surface area contributed by atoms with Crippen LogP contribution in [0.25, 0.3) is 11.2 Å². The fourth-order valence-corrected chi connectivity index (χ4v) is 4.06. The summed E-state index contributed by atoms with van der Waals surface area (Å²) in [5.74, 6) is 3.03. The van der Waals surface area contributed by atoms with Crippen LogP contribution in [0.3, 0.4) is 0 Å². The summed E-state index contributed by atoms with van der Waals surface area (Å²) < 4.78 is 2.14. The number of aromatic nitrogens is 3. The molecule has 2 aromatic heterocycles. The van der Waals surface area contributed by atoms with Crippen molar-refractivity contribution in [1.82, 2.24) is 14.5 Å². The zero-order valence-electron chi connectivity index (χ0n) is 10.6. The van der Waals surface area contributed by atoms with E-state index >= 15 is 0 Å². The van der Waals surface area contributed by atoms with Crippen LogP contribution in [0.1, 0.15) is 31.0 Å². The smallest absolute Gasteiger partial charge is 0.159 e. The second-order valence-corrected chi connectivity index (χ2v) is 5.81. The molecule has 0 saturated heterocycles. The van der Waals surface area contributed by atoms with Gasteiger partial charge >= 0.3 is 0 Å². The first-order valence-electron chi connectivity index (χ1n) is 6.78. The molecular weight excluding hydrogens is 224 g/mol. The molecule has 0 aliphatic heterocycles. The molecule has 2 N–H and O–H groups in total. The van der Waals surface area contributed by atoms with E-state index in [1.807, 2.05) is 18.3 Å². The highest BCUT2D eigenvalue weighted by atomic mass is 15.1. The van der Waals surface area contributed by atoms with Gasteiger partial charge in [0, 0.05) is 25.2 Å². The van der Waals surface area contributed by atoms with E-state index in [9.17, 15) is 0 Å². The number of nitrogens with zero attached hydrogens (tertiary/aromatic N) is 3. The third kappa shape index (κ3) is 1.24. The van der Waals surface area contributed by atoms with Gasteiger partial charge < -0.3 is 10.3 Å². The molecule has 18 heavy (non-hydrogen) atoms. The molecule has 0 spiro atoms. The SMILES string of the molecule is Cn1c(C2C3CCC(C3)C2N)nc2cccnc21. The summed E-state index contributed by atoms with van der Waals surface area (Å²) in [5, 5.41) is 0. The average Bonchev–Trinajstić information content (AvgIpc) is 3.04. The van der Waals surface area contributed by atoms with Crippen LogP contribution in [0.15, 0.2) is 18.3 Å². The van der Waals surface area contributed by atoms with Gasteiger partial charge in [0.05, 0.1) is 0 Å². The van der Waals surface area contributed by atoms with Crippen LogP contribution in [0.5, 0.6) is 0 Å². The fourth-order valence-electron chi connectivity index (χ4n) is 4.06. The molecule has 2 heterocycles. The second-order valence-electron chi connectivity index (χ2n) is 5.81. The Labute approximate surface area is 106 Å². The predicted octanol–water partition coefficient (Wildman–Crippen LogP) is 1.81. The highest BCUT2D eigenvalue weighted by Gasteiger charge is 2.48. The predicted molar refractivity (Wildman–Crippen MR) is 70.1 cm³/mol. The molecule has 94 valence electrons. The quantitative estimate of drug-likeness (QED) is 0.829. The molecule has 0 aromatic carbocycles. The molecule has 4 heteroatoms. The summed E-state index contributed by atoms with van der Waals surface area (Å²) in [5.41, 5.74) is 8.38. The zero-order valence-corrected chi connectivity index (χ0v) is 10.6. The van der Waals surface area contributed by atoms with Gasteiger partial charge in [0.2, 0.25) is 0 Å². The molecule has 2 aliphatic rings. The van der Waals surface area contributed by atoms with E-state index in [0.29, 0.717) is 17.9 Å². The maximum absolute atomic E-state index is 6.41. The Bertz CT molecular complexity index is 601. The molecule has 2 aromatic rings. The first-order valence-corrected chi connectivity index (χ1v) is 6.78. The minimum atomic E-state index is 0.291. The largest absolute Gasteiger partial charge is 0.327 e. The third-order valence-corrected chi connectivity index (χ3v) is 4.94. The van der Waals surface area contributed by atoms with Crippen LogP contribution in [0.4, 0.5) is 0 Å². The van der Waals surface area contributed by atoms with Crippen molar-refractivity contribution in [3.63, 3.8) is 0 Å². The Morgan fingerprint density at radius 2 is 2.17 bits per heavy atom. The molecule has 4 rings (SSSR count). The fraction of sp³-hybridized carbons (Fsp3) is 0.571. The molecule has 4 unspecified atom stereocenters. The van der Waals surface area contributed by atoms with Gasteiger partial charge in [0.25, 0.3) is 0 Å². The monoisotopic (exact) mass is 242 g/mol. The average molecular weight is 242 g/mol. The van der Waals surface area contributed by atoms with Gasteiger partial charge in [0.1, 0.15) is 11.3 Å². The number of hydrogen-bond donors (Lipinski definition) is 1. The van der Waals surface area contributed by atoms with Crippen molar-refractivity contribution >= 4 is 11.2 Å². The van der Waals surface area contributed by atoms with Gasteiger partial charge in [-0.05, 0) is 43.2 Å². The lowest BCUT2D eigenvalue weighted by atomic mass is 9.84. The van der Waals surface area contributed by atoms with Crippen molar-refractivity contribution in [2.45, 2.75) is 31.2 Å². The van der Waals surface area contributed by atoms with Crippen LogP contribution < -0.4 is 5.73 Å². The van der Waals surface area contributed by atoms with E-state index < -0.39 is 0 Å². The Morgan fingerprint density at radius 1 is 1.33 bits per heavy atom. The number of hydrogen-bond acceptors (Lipinski definition) is 3. The van der Waals surface area contributed by atoms with E-state index in [1.165, 1.54) is 19.3 Å². The molecule has 2 fully saturated rings.